The molecule has 1 aliphatic heterocycles. The topological polar surface area (TPSA) is 56.9 Å². The first-order valence-corrected chi connectivity index (χ1v) is 10.7. The maximum absolute atomic E-state index is 5.17. The lowest BCUT2D eigenvalue weighted by Crippen LogP contribution is -2.52. The second kappa shape index (κ2) is 9.90. The van der Waals surface area contributed by atoms with Gasteiger partial charge in [-0.3, -0.25) is 9.89 Å². The van der Waals surface area contributed by atoms with Crippen LogP contribution in [-0.2, 0) is 13.0 Å². The molecule has 0 saturated carbocycles. The highest BCUT2D eigenvalue weighted by Gasteiger charge is 2.20. The molecule has 1 atom stereocenters. The number of thiophene rings is 1. The number of nitrogens with one attached hydrogen (secondary N) is 1. The molecule has 27 heavy (non-hydrogen) atoms. The molecule has 3 rings (SSSR count). The molecule has 0 amide bonds. The van der Waals surface area contributed by atoms with Gasteiger partial charge in [0.1, 0.15) is 5.76 Å². The summed E-state index contributed by atoms with van der Waals surface area (Å²) < 4.78 is 5.17. The fourth-order valence-corrected chi connectivity index (χ4v) is 4.21. The Labute approximate surface area is 166 Å². The van der Waals surface area contributed by atoms with Crippen LogP contribution in [0.4, 0.5) is 0 Å². The quantitative estimate of drug-likeness (QED) is 0.583. The van der Waals surface area contributed by atoms with Gasteiger partial charge in [-0.05, 0) is 37.6 Å². The van der Waals surface area contributed by atoms with Gasteiger partial charge in [-0.2, -0.15) is 0 Å². The van der Waals surface area contributed by atoms with Crippen molar-refractivity contribution in [2.75, 3.05) is 39.3 Å². The molecule has 1 unspecified atom stereocenters. The first-order chi connectivity index (χ1) is 13.1. The van der Waals surface area contributed by atoms with Crippen molar-refractivity contribution in [3.05, 3.63) is 39.9 Å². The maximum Gasteiger partial charge on any atom is 0.194 e. The highest BCUT2D eigenvalue weighted by molar-refractivity contribution is 7.09. The Kier molecular flexibility index (Phi) is 7.29. The van der Waals surface area contributed by atoms with Crippen molar-refractivity contribution in [3.8, 4) is 0 Å². The van der Waals surface area contributed by atoms with E-state index < -0.39 is 0 Å². The van der Waals surface area contributed by atoms with E-state index in [0.717, 1.165) is 69.6 Å². The molecule has 3 heterocycles. The number of aliphatic imine (C=N–C) groups is 1. The Hall–Kier alpha value is -1.86. The number of hydrogen-bond donors (Lipinski definition) is 1. The second-order valence-electron chi connectivity index (χ2n) is 7.28. The third kappa shape index (κ3) is 6.07. The van der Waals surface area contributed by atoms with Gasteiger partial charge in [-0.1, -0.05) is 18.1 Å². The van der Waals surface area contributed by atoms with E-state index >= 15 is 0 Å². The van der Waals surface area contributed by atoms with E-state index in [0.29, 0.717) is 5.92 Å². The van der Waals surface area contributed by atoms with E-state index in [9.17, 15) is 0 Å². The zero-order valence-corrected chi connectivity index (χ0v) is 17.5. The first-order valence-electron chi connectivity index (χ1n) is 9.84. The van der Waals surface area contributed by atoms with Crippen molar-refractivity contribution in [1.82, 2.24) is 20.3 Å². The van der Waals surface area contributed by atoms with Crippen molar-refractivity contribution in [3.63, 3.8) is 0 Å². The highest BCUT2D eigenvalue weighted by Crippen LogP contribution is 2.15. The molecule has 148 valence electrons. The van der Waals surface area contributed by atoms with Crippen molar-refractivity contribution in [1.29, 1.82) is 0 Å². The Morgan fingerprint density at radius 1 is 1.37 bits per heavy atom. The third-order valence-corrected chi connectivity index (χ3v) is 5.65. The molecular formula is C20H31N5OS. The summed E-state index contributed by atoms with van der Waals surface area (Å²) in [5.41, 5.74) is 1.02. The molecule has 2 aromatic heterocycles. The van der Waals surface area contributed by atoms with Gasteiger partial charge in [-0.15, -0.1) is 11.3 Å². The third-order valence-electron chi connectivity index (χ3n) is 4.75. The molecule has 0 spiro atoms. The fourth-order valence-electron chi connectivity index (χ4n) is 3.34. The summed E-state index contributed by atoms with van der Waals surface area (Å²) >= 11 is 1.83. The lowest BCUT2D eigenvalue weighted by atomic mass is 10.1. The number of piperazine rings is 1. The molecule has 2 aromatic rings. The normalized spacial score (nSPS) is 17.3. The maximum atomic E-state index is 5.17. The number of aromatic nitrogens is 1. The van der Waals surface area contributed by atoms with Gasteiger partial charge in [0.25, 0.3) is 0 Å². The van der Waals surface area contributed by atoms with E-state index in [-0.39, 0.29) is 0 Å². The van der Waals surface area contributed by atoms with Crippen LogP contribution in [0.5, 0.6) is 0 Å². The van der Waals surface area contributed by atoms with Crippen LogP contribution in [0, 0.1) is 12.8 Å². The minimum Gasteiger partial charge on any atom is -0.361 e. The molecule has 0 bridgehead atoms. The highest BCUT2D eigenvalue weighted by atomic mass is 32.1. The van der Waals surface area contributed by atoms with E-state index in [2.05, 4.69) is 51.6 Å². The van der Waals surface area contributed by atoms with Gasteiger partial charge in [0.2, 0.25) is 0 Å². The molecule has 6 nitrogen and oxygen atoms in total. The van der Waals surface area contributed by atoms with Crippen LogP contribution in [0.3, 0.4) is 0 Å². The van der Waals surface area contributed by atoms with Crippen LogP contribution in [0.2, 0.25) is 0 Å². The van der Waals surface area contributed by atoms with E-state index in [4.69, 9.17) is 9.52 Å². The number of guanidine groups is 1. The van der Waals surface area contributed by atoms with E-state index in [1.54, 1.807) is 0 Å². The van der Waals surface area contributed by atoms with E-state index in [1.807, 2.05) is 24.3 Å². The van der Waals surface area contributed by atoms with Crippen LogP contribution in [0.25, 0.3) is 0 Å². The van der Waals surface area contributed by atoms with Crippen molar-refractivity contribution >= 4 is 17.3 Å². The number of rotatable bonds is 7. The number of hydrogen-bond acceptors (Lipinski definition) is 5. The lowest BCUT2D eigenvalue weighted by Gasteiger charge is -2.36. The minimum atomic E-state index is 0.550. The van der Waals surface area contributed by atoms with Crippen LogP contribution in [0.15, 0.2) is 33.1 Å². The summed E-state index contributed by atoms with van der Waals surface area (Å²) in [5, 5.41) is 9.72. The average molecular weight is 390 g/mol. The smallest absolute Gasteiger partial charge is 0.194 e. The predicted octanol–water partition coefficient (Wildman–Crippen LogP) is 3.01. The standard InChI is InChI=1S/C20H31N5OS/c1-4-21-20(22-14-16(2)12-19-6-5-11-27-19)25-9-7-24(8-10-25)15-18-13-17(3)26-23-18/h5-6,11,13,16H,4,7-10,12,14-15H2,1-3H3,(H,21,22). The lowest BCUT2D eigenvalue weighted by molar-refractivity contribution is 0.169. The van der Waals surface area contributed by atoms with Gasteiger partial charge < -0.3 is 14.7 Å². The van der Waals surface area contributed by atoms with Crippen molar-refractivity contribution in [2.24, 2.45) is 10.9 Å². The van der Waals surface area contributed by atoms with Crippen LogP contribution < -0.4 is 5.32 Å². The predicted molar refractivity (Wildman–Crippen MR) is 111 cm³/mol. The zero-order valence-electron chi connectivity index (χ0n) is 16.6. The van der Waals surface area contributed by atoms with Crippen molar-refractivity contribution < 1.29 is 4.52 Å². The minimum absolute atomic E-state index is 0.550. The van der Waals surface area contributed by atoms with Crippen LogP contribution in [0.1, 0.15) is 30.2 Å². The number of aryl methyl sites for hydroxylation is 1. The van der Waals surface area contributed by atoms with Crippen molar-refractivity contribution in [2.45, 2.75) is 33.7 Å². The second-order valence-corrected chi connectivity index (χ2v) is 8.31. The molecule has 0 aliphatic carbocycles. The van der Waals surface area contributed by atoms with Gasteiger partial charge in [0.05, 0.1) is 5.69 Å². The van der Waals surface area contributed by atoms with Crippen LogP contribution >= 0.6 is 11.3 Å². The molecule has 0 radical (unpaired) electrons. The Morgan fingerprint density at radius 2 is 2.19 bits per heavy atom. The molecule has 1 aliphatic rings. The summed E-state index contributed by atoms with van der Waals surface area (Å²) in [6, 6.07) is 6.36. The molecule has 1 N–H and O–H groups in total. The Balaban J connectivity index is 1.49. The molecule has 0 aromatic carbocycles. The molecule has 7 heteroatoms. The Morgan fingerprint density at radius 3 is 2.81 bits per heavy atom. The summed E-state index contributed by atoms with van der Waals surface area (Å²) in [5.74, 6) is 2.48. The van der Waals surface area contributed by atoms with Gasteiger partial charge >= 0.3 is 0 Å². The average Bonchev–Trinajstić information content (AvgIpc) is 3.31. The molecule has 1 saturated heterocycles. The Bertz CT molecular complexity index is 704. The number of nitrogens with zero attached hydrogens (tertiary/aromatic N) is 4. The van der Waals surface area contributed by atoms with E-state index in [1.165, 1.54) is 4.88 Å². The SMILES string of the molecule is CCNC(=NCC(C)Cc1cccs1)N1CCN(Cc2cc(C)on2)CC1. The summed E-state index contributed by atoms with van der Waals surface area (Å²) in [7, 11) is 0. The summed E-state index contributed by atoms with van der Waals surface area (Å²) in [6.45, 7) is 13.0. The summed E-state index contributed by atoms with van der Waals surface area (Å²) in [4.78, 5) is 11.2. The van der Waals surface area contributed by atoms with Gasteiger partial charge in [-0.25, -0.2) is 0 Å². The van der Waals surface area contributed by atoms with Gasteiger partial charge in [0, 0.05) is 56.8 Å². The monoisotopic (exact) mass is 389 g/mol. The van der Waals surface area contributed by atoms with Gasteiger partial charge in [0.15, 0.2) is 5.96 Å². The molecule has 1 fully saturated rings. The molecular weight excluding hydrogens is 358 g/mol. The zero-order chi connectivity index (χ0) is 19.1. The summed E-state index contributed by atoms with van der Waals surface area (Å²) in [6.07, 6.45) is 1.10. The largest absolute Gasteiger partial charge is 0.361 e. The van der Waals surface area contributed by atoms with Crippen LogP contribution in [-0.4, -0.2) is 60.2 Å². The fraction of sp³-hybridized carbons (Fsp3) is 0.600. The first kappa shape index (κ1) is 19.9.